The van der Waals surface area contributed by atoms with E-state index in [2.05, 4.69) is 5.32 Å². The molecule has 0 radical (unpaired) electrons. The summed E-state index contributed by atoms with van der Waals surface area (Å²) in [5.74, 6) is -0.594. The van der Waals surface area contributed by atoms with Crippen molar-refractivity contribution in [2.24, 2.45) is 5.73 Å². The molecule has 0 aliphatic heterocycles. The van der Waals surface area contributed by atoms with Crippen molar-refractivity contribution in [2.75, 3.05) is 5.32 Å². The number of benzene rings is 1. The summed E-state index contributed by atoms with van der Waals surface area (Å²) in [6.45, 7) is 1.98. The van der Waals surface area contributed by atoms with E-state index in [1.54, 1.807) is 0 Å². The number of nitrogens with one attached hydrogen (secondary N) is 1. The van der Waals surface area contributed by atoms with Gasteiger partial charge in [0.25, 0.3) is 5.69 Å². The Morgan fingerprint density at radius 2 is 2.18 bits per heavy atom. The lowest BCUT2D eigenvalue weighted by atomic mass is 10.1. The Labute approximate surface area is 98.0 Å². The summed E-state index contributed by atoms with van der Waals surface area (Å²) >= 11 is 0. The SMILES string of the molecule is CC1(Nc2cc(C(N)=O)ccc2[N+](=O)[O-])CC1. The van der Waals surface area contributed by atoms with Gasteiger partial charge in [0.05, 0.1) is 4.92 Å². The number of carbonyl (C=O) groups is 1. The fraction of sp³-hybridized carbons (Fsp3) is 0.364. The highest BCUT2D eigenvalue weighted by atomic mass is 16.6. The van der Waals surface area contributed by atoms with Crippen molar-refractivity contribution in [3.05, 3.63) is 33.9 Å². The molecule has 90 valence electrons. The number of amides is 1. The van der Waals surface area contributed by atoms with Crippen molar-refractivity contribution in [2.45, 2.75) is 25.3 Å². The summed E-state index contributed by atoms with van der Waals surface area (Å²) < 4.78 is 0. The number of hydrogen-bond donors (Lipinski definition) is 2. The summed E-state index contributed by atoms with van der Waals surface area (Å²) in [7, 11) is 0. The van der Waals surface area contributed by atoms with Gasteiger partial charge in [0.2, 0.25) is 5.91 Å². The van der Waals surface area contributed by atoms with Crippen LogP contribution in [0.15, 0.2) is 18.2 Å². The quantitative estimate of drug-likeness (QED) is 0.612. The molecule has 1 aromatic carbocycles. The Hall–Kier alpha value is -2.11. The van der Waals surface area contributed by atoms with Crippen LogP contribution in [-0.4, -0.2) is 16.4 Å². The number of nitrogens with zero attached hydrogens (tertiary/aromatic N) is 1. The number of primary amides is 1. The van der Waals surface area contributed by atoms with Crippen LogP contribution in [0.4, 0.5) is 11.4 Å². The van der Waals surface area contributed by atoms with Crippen molar-refractivity contribution in [1.29, 1.82) is 0 Å². The van der Waals surface area contributed by atoms with Crippen LogP contribution < -0.4 is 11.1 Å². The number of nitrogens with two attached hydrogens (primary N) is 1. The Morgan fingerprint density at radius 3 is 2.65 bits per heavy atom. The van der Waals surface area contributed by atoms with Crippen molar-refractivity contribution < 1.29 is 9.72 Å². The second kappa shape index (κ2) is 3.73. The van der Waals surface area contributed by atoms with Crippen molar-refractivity contribution in [1.82, 2.24) is 0 Å². The molecule has 1 aliphatic rings. The van der Waals surface area contributed by atoms with E-state index in [4.69, 9.17) is 5.73 Å². The fourth-order valence-corrected chi connectivity index (χ4v) is 1.59. The minimum atomic E-state index is -0.594. The summed E-state index contributed by atoms with van der Waals surface area (Å²) in [5, 5.41) is 13.9. The largest absolute Gasteiger partial charge is 0.374 e. The van der Waals surface area contributed by atoms with E-state index in [0.29, 0.717) is 5.69 Å². The van der Waals surface area contributed by atoms with E-state index >= 15 is 0 Å². The van der Waals surface area contributed by atoms with Crippen LogP contribution in [-0.2, 0) is 0 Å². The van der Waals surface area contributed by atoms with Gasteiger partial charge in [0, 0.05) is 17.2 Å². The first-order valence-corrected chi connectivity index (χ1v) is 5.28. The lowest BCUT2D eigenvalue weighted by Crippen LogP contribution is -2.18. The standard InChI is InChI=1S/C11H13N3O3/c1-11(4-5-11)13-8-6-7(10(12)15)2-3-9(8)14(16)17/h2-3,6,13H,4-5H2,1H3,(H2,12,15). The van der Waals surface area contributed by atoms with Crippen molar-refractivity contribution in [3.63, 3.8) is 0 Å². The van der Waals surface area contributed by atoms with Gasteiger partial charge < -0.3 is 11.1 Å². The van der Waals surface area contributed by atoms with Gasteiger partial charge in [-0.2, -0.15) is 0 Å². The summed E-state index contributed by atoms with van der Waals surface area (Å²) in [5.41, 5.74) is 5.64. The molecule has 17 heavy (non-hydrogen) atoms. The summed E-state index contributed by atoms with van der Waals surface area (Å²) in [4.78, 5) is 21.4. The molecule has 1 aliphatic carbocycles. The molecule has 0 saturated heterocycles. The second-order valence-electron chi connectivity index (χ2n) is 4.54. The molecule has 1 fully saturated rings. The first-order valence-electron chi connectivity index (χ1n) is 5.28. The average molecular weight is 235 g/mol. The average Bonchev–Trinajstić information content (AvgIpc) is 2.95. The molecule has 0 aromatic heterocycles. The number of anilines is 1. The third-order valence-electron chi connectivity index (χ3n) is 2.91. The van der Waals surface area contributed by atoms with Crippen LogP contribution in [0.25, 0.3) is 0 Å². The van der Waals surface area contributed by atoms with E-state index in [1.807, 2.05) is 6.92 Å². The molecule has 1 saturated carbocycles. The highest BCUT2D eigenvalue weighted by molar-refractivity contribution is 5.94. The third kappa shape index (κ3) is 2.35. The molecule has 1 amide bonds. The molecule has 0 bridgehead atoms. The first-order chi connectivity index (χ1) is 7.91. The highest BCUT2D eigenvalue weighted by Crippen LogP contribution is 2.40. The number of hydrogen-bond acceptors (Lipinski definition) is 4. The zero-order valence-electron chi connectivity index (χ0n) is 9.40. The van der Waals surface area contributed by atoms with Crippen LogP contribution in [0.1, 0.15) is 30.1 Å². The van der Waals surface area contributed by atoms with Crippen molar-refractivity contribution >= 4 is 17.3 Å². The lowest BCUT2D eigenvalue weighted by Gasteiger charge is -2.13. The van der Waals surface area contributed by atoms with Crippen LogP contribution in [0, 0.1) is 10.1 Å². The fourth-order valence-electron chi connectivity index (χ4n) is 1.59. The van der Waals surface area contributed by atoms with E-state index in [0.717, 1.165) is 12.8 Å². The van der Waals surface area contributed by atoms with Gasteiger partial charge in [-0.05, 0) is 31.9 Å². The van der Waals surface area contributed by atoms with Gasteiger partial charge in [0.15, 0.2) is 0 Å². The van der Waals surface area contributed by atoms with Crippen LogP contribution >= 0.6 is 0 Å². The third-order valence-corrected chi connectivity index (χ3v) is 2.91. The Morgan fingerprint density at radius 1 is 1.53 bits per heavy atom. The molecular formula is C11H13N3O3. The van der Waals surface area contributed by atoms with E-state index in [-0.39, 0.29) is 16.8 Å². The normalized spacial score (nSPS) is 16.3. The minimum absolute atomic E-state index is 0.0388. The Balaban J connectivity index is 2.39. The molecule has 0 atom stereocenters. The van der Waals surface area contributed by atoms with E-state index in [1.165, 1.54) is 18.2 Å². The zero-order chi connectivity index (χ0) is 12.6. The molecule has 2 rings (SSSR count). The maximum Gasteiger partial charge on any atom is 0.292 e. The van der Waals surface area contributed by atoms with Crippen LogP contribution in [0.3, 0.4) is 0 Å². The van der Waals surface area contributed by atoms with Gasteiger partial charge >= 0.3 is 0 Å². The zero-order valence-corrected chi connectivity index (χ0v) is 9.40. The number of nitro groups is 1. The Kier molecular flexibility index (Phi) is 2.49. The molecule has 0 heterocycles. The van der Waals surface area contributed by atoms with Crippen LogP contribution in [0.2, 0.25) is 0 Å². The van der Waals surface area contributed by atoms with Gasteiger partial charge in [-0.1, -0.05) is 0 Å². The molecule has 1 aromatic rings. The van der Waals surface area contributed by atoms with Gasteiger partial charge in [-0.15, -0.1) is 0 Å². The molecule has 3 N–H and O–H groups in total. The molecular weight excluding hydrogens is 222 g/mol. The number of rotatable bonds is 4. The van der Waals surface area contributed by atoms with E-state index < -0.39 is 10.8 Å². The predicted octanol–water partition coefficient (Wildman–Crippen LogP) is 1.66. The smallest absolute Gasteiger partial charge is 0.292 e. The minimum Gasteiger partial charge on any atom is -0.374 e. The monoisotopic (exact) mass is 235 g/mol. The topological polar surface area (TPSA) is 98.3 Å². The van der Waals surface area contributed by atoms with Gasteiger partial charge in [-0.3, -0.25) is 14.9 Å². The maximum atomic E-state index is 11.0. The Bertz CT molecular complexity index is 495. The lowest BCUT2D eigenvalue weighted by molar-refractivity contribution is -0.384. The molecule has 6 nitrogen and oxygen atoms in total. The number of nitro benzene ring substituents is 1. The predicted molar refractivity (Wildman–Crippen MR) is 62.9 cm³/mol. The van der Waals surface area contributed by atoms with Gasteiger partial charge in [-0.25, -0.2) is 0 Å². The highest BCUT2D eigenvalue weighted by Gasteiger charge is 2.38. The van der Waals surface area contributed by atoms with Crippen molar-refractivity contribution in [3.8, 4) is 0 Å². The van der Waals surface area contributed by atoms with E-state index in [9.17, 15) is 14.9 Å². The summed E-state index contributed by atoms with van der Waals surface area (Å²) in [6.07, 6.45) is 1.93. The molecule has 0 spiro atoms. The number of carbonyl (C=O) groups excluding carboxylic acids is 1. The second-order valence-corrected chi connectivity index (χ2v) is 4.54. The molecule has 6 heteroatoms. The van der Waals surface area contributed by atoms with Gasteiger partial charge in [0.1, 0.15) is 5.69 Å². The molecule has 0 unspecified atom stereocenters. The van der Waals surface area contributed by atoms with Crippen LogP contribution in [0.5, 0.6) is 0 Å². The maximum absolute atomic E-state index is 11.0. The summed E-state index contributed by atoms with van der Waals surface area (Å²) in [6, 6.07) is 4.10. The first kappa shape index (κ1) is 11.4.